The predicted octanol–water partition coefficient (Wildman–Crippen LogP) is 7.44. The summed E-state index contributed by atoms with van der Waals surface area (Å²) in [6, 6.07) is 24.5. The fourth-order valence-corrected chi connectivity index (χ4v) is 4.88. The molecule has 5 rings (SSSR count). The molecule has 33 heavy (non-hydrogen) atoms. The van der Waals surface area contributed by atoms with Crippen molar-refractivity contribution in [2.75, 3.05) is 5.32 Å². The van der Waals surface area contributed by atoms with Crippen LogP contribution in [-0.2, 0) is 6.61 Å². The lowest BCUT2D eigenvalue weighted by Gasteiger charge is -2.11. The summed E-state index contributed by atoms with van der Waals surface area (Å²) < 4.78 is 19.4. The van der Waals surface area contributed by atoms with Crippen molar-refractivity contribution in [2.45, 2.75) is 20.5 Å². The van der Waals surface area contributed by atoms with E-state index in [9.17, 15) is 4.39 Å². The van der Waals surface area contributed by atoms with Crippen LogP contribution in [0, 0.1) is 19.7 Å². The summed E-state index contributed by atoms with van der Waals surface area (Å²) >= 11 is 1.62. The Morgan fingerprint density at radius 2 is 1.61 bits per heavy atom. The first-order valence-corrected chi connectivity index (χ1v) is 11.5. The molecule has 0 spiro atoms. The largest absolute Gasteiger partial charge is 0.489 e. The molecular formula is C27H22FN3OS. The fraction of sp³-hybridized carbons (Fsp3) is 0.111. The van der Waals surface area contributed by atoms with Crippen molar-refractivity contribution < 1.29 is 9.13 Å². The van der Waals surface area contributed by atoms with Gasteiger partial charge in [0.2, 0.25) is 0 Å². The molecule has 0 unspecified atom stereocenters. The van der Waals surface area contributed by atoms with Crippen LogP contribution in [-0.4, -0.2) is 9.97 Å². The van der Waals surface area contributed by atoms with Gasteiger partial charge in [0.05, 0.1) is 5.39 Å². The Kier molecular flexibility index (Phi) is 5.75. The molecule has 0 aliphatic rings. The molecule has 0 aliphatic heterocycles. The first-order valence-electron chi connectivity index (χ1n) is 10.6. The Balaban J connectivity index is 1.44. The van der Waals surface area contributed by atoms with Gasteiger partial charge in [-0.15, -0.1) is 11.3 Å². The van der Waals surface area contributed by atoms with Gasteiger partial charge in [-0.3, -0.25) is 0 Å². The molecular weight excluding hydrogens is 433 g/mol. The number of hydrogen-bond donors (Lipinski definition) is 1. The van der Waals surface area contributed by atoms with Gasteiger partial charge in [-0.1, -0.05) is 42.5 Å². The number of aromatic nitrogens is 2. The van der Waals surface area contributed by atoms with Gasteiger partial charge in [0.25, 0.3) is 0 Å². The average Bonchev–Trinajstić information content (AvgIpc) is 3.15. The highest BCUT2D eigenvalue weighted by atomic mass is 32.1. The van der Waals surface area contributed by atoms with Gasteiger partial charge in [0.1, 0.15) is 34.6 Å². The maximum atomic E-state index is 13.5. The van der Waals surface area contributed by atoms with Gasteiger partial charge in [-0.05, 0) is 61.4 Å². The van der Waals surface area contributed by atoms with Crippen molar-refractivity contribution in [1.29, 1.82) is 0 Å². The van der Waals surface area contributed by atoms with Crippen LogP contribution in [0.25, 0.3) is 21.3 Å². The minimum Gasteiger partial charge on any atom is -0.489 e. The molecule has 5 aromatic rings. The van der Waals surface area contributed by atoms with E-state index in [-0.39, 0.29) is 5.82 Å². The van der Waals surface area contributed by atoms with Gasteiger partial charge in [-0.25, -0.2) is 14.4 Å². The SMILES string of the molecule is Cc1nc(Nc2ccc(OCc3ccccc3)cc2)c2c(-c3ccc(F)cc3)c(C)sc2n1. The lowest BCUT2D eigenvalue weighted by molar-refractivity contribution is 0.306. The van der Waals surface area contributed by atoms with E-state index in [1.165, 1.54) is 12.1 Å². The Morgan fingerprint density at radius 3 is 2.33 bits per heavy atom. The number of nitrogens with one attached hydrogen (secondary N) is 1. The zero-order valence-electron chi connectivity index (χ0n) is 18.3. The second kappa shape index (κ2) is 9.00. The fourth-order valence-electron chi connectivity index (χ4n) is 3.78. The highest BCUT2D eigenvalue weighted by Gasteiger charge is 2.18. The Bertz CT molecular complexity index is 1400. The molecule has 0 bridgehead atoms. The van der Waals surface area contributed by atoms with Crippen LogP contribution in [0.1, 0.15) is 16.3 Å². The monoisotopic (exact) mass is 455 g/mol. The van der Waals surface area contributed by atoms with Crippen LogP contribution in [0.3, 0.4) is 0 Å². The topological polar surface area (TPSA) is 47.0 Å². The number of thiophene rings is 1. The van der Waals surface area contributed by atoms with Crippen molar-refractivity contribution in [3.05, 3.63) is 101 Å². The third kappa shape index (κ3) is 4.56. The zero-order valence-corrected chi connectivity index (χ0v) is 19.1. The van der Waals surface area contributed by atoms with Gasteiger partial charge in [0, 0.05) is 16.1 Å². The van der Waals surface area contributed by atoms with Gasteiger partial charge >= 0.3 is 0 Å². The van der Waals surface area contributed by atoms with Crippen LogP contribution in [0.5, 0.6) is 5.75 Å². The number of fused-ring (bicyclic) bond motifs is 1. The summed E-state index contributed by atoms with van der Waals surface area (Å²) in [4.78, 5) is 11.4. The van der Waals surface area contributed by atoms with Gasteiger partial charge in [0.15, 0.2) is 0 Å². The third-order valence-corrected chi connectivity index (χ3v) is 6.34. The number of benzene rings is 3. The molecule has 0 saturated carbocycles. The van der Waals surface area contributed by atoms with E-state index in [1.54, 1.807) is 23.5 Å². The van der Waals surface area contributed by atoms with Crippen molar-refractivity contribution in [3.63, 3.8) is 0 Å². The molecule has 0 amide bonds. The summed E-state index contributed by atoms with van der Waals surface area (Å²) in [5, 5.41) is 4.39. The molecule has 0 fully saturated rings. The smallest absolute Gasteiger partial charge is 0.143 e. The molecule has 3 aromatic carbocycles. The molecule has 1 N–H and O–H groups in total. The molecule has 6 heteroatoms. The maximum absolute atomic E-state index is 13.5. The standard InChI is InChI=1S/C27H22FN3OS/c1-17-24(20-8-10-21(28)11-9-20)25-26(29-18(2)30-27(25)33-17)31-22-12-14-23(15-13-22)32-16-19-6-4-3-5-7-19/h3-15H,16H2,1-2H3,(H,29,30,31). The predicted molar refractivity (Wildman–Crippen MR) is 133 cm³/mol. The number of aryl methyl sites for hydroxylation is 2. The van der Waals surface area contributed by atoms with Crippen LogP contribution in [0.15, 0.2) is 78.9 Å². The lowest BCUT2D eigenvalue weighted by atomic mass is 10.0. The number of hydrogen-bond acceptors (Lipinski definition) is 5. The number of rotatable bonds is 6. The van der Waals surface area contributed by atoms with E-state index in [0.717, 1.165) is 49.0 Å². The van der Waals surface area contributed by atoms with Gasteiger partial charge in [-0.2, -0.15) is 0 Å². The summed E-state index contributed by atoms with van der Waals surface area (Å²) in [6.45, 7) is 4.47. The molecule has 0 aliphatic carbocycles. The number of nitrogens with zero attached hydrogens (tertiary/aromatic N) is 2. The van der Waals surface area contributed by atoms with E-state index in [2.05, 4.69) is 17.2 Å². The Hall–Kier alpha value is -3.77. The van der Waals surface area contributed by atoms with E-state index in [1.807, 2.05) is 61.5 Å². The van der Waals surface area contributed by atoms with Crippen molar-refractivity contribution in [2.24, 2.45) is 0 Å². The van der Waals surface area contributed by atoms with E-state index in [4.69, 9.17) is 9.72 Å². The molecule has 2 heterocycles. The maximum Gasteiger partial charge on any atom is 0.143 e. The number of ether oxygens (including phenoxy) is 1. The molecule has 0 saturated heterocycles. The first-order chi connectivity index (χ1) is 16.1. The molecule has 4 nitrogen and oxygen atoms in total. The summed E-state index contributed by atoms with van der Waals surface area (Å²) in [7, 11) is 0. The Morgan fingerprint density at radius 1 is 0.879 bits per heavy atom. The van der Waals surface area contributed by atoms with E-state index >= 15 is 0 Å². The van der Waals surface area contributed by atoms with E-state index < -0.39 is 0 Å². The average molecular weight is 456 g/mol. The number of halogens is 1. The van der Waals surface area contributed by atoms with Crippen LogP contribution in [0.4, 0.5) is 15.9 Å². The number of anilines is 2. The second-order valence-corrected chi connectivity index (χ2v) is 8.97. The van der Waals surface area contributed by atoms with Crippen molar-refractivity contribution >= 4 is 33.1 Å². The third-order valence-electron chi connectivity index (χ3n) is 5.34. The van der Waals surface area contributed by atoms with E-state index in [0.29, 0.717) is 12.4 Å². The minimum absolute atomic E-state index is 0.254. The lowest BCUT2D eigenvalue weighted by Crippen LogP contribution is -1.99. The van der Waals surface area contributed by atoms with Crippen molar-refractivity contribution in [3.8, 4) is 16.9 Å². The summed E-state index contributed by atoms with van der Waals surface area (Å²) in [5.74, 6) is 1.97. The first kappa shape index (κ1) is 21.1. The molecule has 164 valence electrons. The highest BCUT2D eigenvalue weighted by Crippen LogP contribution is 2.41. The summed E-state index contributed by atoms with van der Waals surface area (Å²) in [5.41, 5.74) is 4.00. The normalized spacial score (nSPS) is 11.0. The quantitative estimate of drug-likeness (QED) is 0.289. The molecule has 0 radical (unpaired) electrons. The second-order valence-electron chi connectivity index (χ2n) is 7.76. The Labute approximate surface area is 195 Å². The van der Waals surface area contributed by atoms with Crippen LogP contribution in [0.2, 0.25) is 0 Å². The zero-order chi connectivity index (χ0) is 22.8. The molecule has 0 atom stereocenters. The van der Waals surface area contributed by atoms with Crippen LogP contribution < -0.4 is 10.1 Å². The molecule has 2 aromatic heterocycles. The van der Waals surface area contributed by atoms with Crippen molar-refractivity contribution in [1.82, 2.24) is 9.97 Å². The highest BCUT2D eigenvalue weighted by molar-refractivity contribution is 7.19. The summed E-state index contributed by atoms with van der Waals surface area (Å²) in [6.07, 6.45) is 0. The minimum atomic E-state index is -0.254. The van der Waals surface area contributed by atoms with Crippen LogP contribution >= 0.6 is 11.3 Å². The van der Waals surface area contributed by atoms with Gasteiger partial charge < -0.3 is 10.1 Å².